The van der Waals surface area contributed by atoms with Crippen molar-refractivity contribution in [3.05, 3.63) is 28.5 Å². The molecule has 21 heavy (non-hydrogen) atoms. The summed E-state index contributed by atoms with van der Waals surface area (Å²) >= 11 is 1.32. The second-order valence-electron chi connectivity index (χ2n) is 5.20. The van der Waals surface area contributed by atoms with Crippen LogP contribution in [0, 0.1) is 6.92 Å². The molecule has 0 radical (unpaired) electrons. The van der Waals surface area contributed by atoms with Crippen molar-refractivity contribution in [3.63, 3.8) is 0 Å². The number of H-pyrrole nitrogens is 1. The molecule has 1 N–H and O–H groups in total. The summed E-state index contributed by atoms with van der Waals surface area (Å²) in [7, 11) is 1.57. The molecule has 1 fully saturated rings. The van der Waals surface area contributed by atoms with Gasteiger partial charge in [0.2, 0.25) is 0 Å². The first-order valence-corrected chi connectivity index (χ1v) is 7.80. The highest BCUT2D eigenvalue weighted by Crippen LogP contribution is 2.30. The monoisotopic (exact) mass is 306 g/mol. The summed E-state index contributed by atoms with van der Waals surface area (Å²) in [6.45, 7) is 3.37. The van der Waals surface area contributed by atoms with E-state index in [2.05, 4.69) is 15.2 Å². The first kappa shape index (κ1) is 14.1. The zero-order valence-corrected chi connectivity index (χ0v) is 12.9. The van der Waals surface area contributed by atoms with Crippen LogP contribution in [0.1, 0.15) is 39.8 Å². The number of methoxy groups -OCH3 is 1. The number of hydrogen-bond donors (Lipinski definition) is 1. The van der Waals surface area contributed by atoms with E-state index in [1.807, 2.05) is 17.9 Å². The fraction of sp³-hybridized carbons (Fsp3) is 0.500. The number of hydrogen-bond acceptors (Lipinski definition) is 5. The third kappa shape index (κ3) is 2.78. The van der Waals surface area contributed by atoms with Gasteiger partial charge < -0.3 is 9.64 Å². The summed E-state index contributed by atoms with van der Waals surface area (Å²) in [6, 6.07) is 1.99. The molecule has 6 nitrogen and oxygen atoms in total. The molecule has 0 bridgehead atoms. The number of aryl methyl sites for hydroxylation is 1. The first-order valence-electron chi connectivity index (χ1n) is 6.99. The Morgan fingerprint density at radius 2 is 2.43 bits per heavy atom. The fourth-order valence-electron chi connectivity index (χ4n) is 2.71. The molecule has 112 valence electrons. The third-order valence-corrected chi connectivity index (χ3v) is 4.92. The number of ether oxygens (including phenoxy) is 1. The van der Waals surface area contributed by atoms with Crippen LogP contribution in [0.4, 0.5) is 0 Å². The van der Waals surface area contributed by atoms with Gasteiger partial charge in [-0.1, -0.05) is 11.3 Å². The highest BCUT2D eigenvalue weighted by molar-refractivity contribution is 7.15. The minimum Gasteiger partial charge on any atom is -0.473 e. The Morgan fingerprint density at radius 3 is 3.10 bits per heavy atom. The van der Waals surface area contributed by atoms with Gasteiger partial charge in [-0.25, -0.2) is 4.98 Å². The van der Waals surface area contributed by atoms with Gasteiger partial charge in [0, 0.05) is 30.9 Å². The molecule has 1 saturated heterocycles. The zero-order valence-electron chi connectivity index (χ0n) is 12.1. The van der Waals surface area contributed by atoms with Crippen molar-refractivity contribution in [3.8, 4) is 5.19 Å². The van der Waals surface area contributed by atoms with Crippen LogP contribution in [-0.4, -0.2) is 46.2 Å². The number of thiazole rings is 1. The van der Waals surface area contributed by atoms with Gasteiger partial charge in [0.15, 0.2) is 0 Å². The van der Waals surface area contributed by atoms with Gasteiger partial charge in [0.1, 0.15) is 4.88 Å². The van der Waals surface area contributed by atoms with Crippen molar-refractivity contribution >= 4 is 17.2 Å². The molecular weight excluding hydrogens is 288 g/mol. The SMILES string of the molecule is COc1nc(C)c(C(=O)N2CCCC(c3ccn[nH]3)C2)s1. The van der Waals surface area contributed by atoms with Crippen molar-refractivity contribution < 1.29 is 9.53 Å². The molecule has 3 rings (SSSR count). The number of nitrogens with zero attached hydrogens (tertiary/aromatic N) is 3. The van der Waals surface area contributed by atoms with E-state index < -0.39 is 0 Å². The van der Waals surface area contributed by atoms with E-state index >= 15 is 0 Å². The average Bonchev–Trinajstić information content (AvgIpc) is 3.16. The van der Waals surface area contributed by atoms with Crippen LogP contribution in [-0.2, 0) is 0 Å². The predicted molar refractivity (Wildman–Crippen MR) is 79.9 cm³/mol. The van der Waals surface area contributed by atoms with Crippen molar-refractivity contribution in [2.45, 2.75) is 25.7 Å². The molecule has 3 heterocycles. The zero-order chi connectivity index (χ0) is 14.8. The van der Waals surface area contributed by atoms with E-state index in [9.17, 15) is 4.79 Å². The maximum Gasteiger partial charge on any atom is 0.273 e. The standard InChI is InChI=1S/C14H18N4O2S/c1-9-12(21-14(16-9)20-2)13(19)18-7-3-4-10(8-18)11-5-6-15-17-11/h5-6,10H,3-4,7-8H2,1-2H3,(H,15,17). The lowest BCUT2D eigenvalue weighted by atomic mass is 9.95. The summed E-state index contributed by atoms with van der Waals surface area (Å²) in [5, 5.41) is 7.55. The van der Waals surface area contributed by atoms with E-state index in [0.717, 1.165) is 37.3 Å². The number of rotatable bonds is 3. The molecule has 1 atom stereocenters. The quantitative estimate of drug-likeness (QED) is 0.943. The van der Waals surface area contributed by atoms with Crippen LogP contribution < -0.4 is 4.74 Å². The third-order valence-electron chi connectivity index (χ3n) is 3.82. The van der Waals surface area contributed by atoms with Gasteiger partial charge in [-0.2, -0.15) is 5.10 Å². The maximum absolute atomic E-state index is 12.7. The normalized spacial score (nSPS) is 18.8. The summed E-state index contributed by atoms with van der Waals surface area (Å²) in [6.07, 6.45) is 3.84. The number of carbonyl (C=O) groups is 1. The van der Waals surface area contributed by atoms with Crippen molar-refractivity contribution in [1.82, 2.24) is 20.1 Å². The molecule has 0 saturated carbocycles. The number of nitrogens with one attached hydrogen (secondary N) is 1. The number of amides is 1. The molecule has 0 aliphatic carbocycles. The van der Waals surface area contributed by atoms with Crippen LogP contribution in [0.15, 0.2) is 12.3 Å². The highest BCUT2D eigenvalue weighted by Gasteiger charge is 2.28. The van der Waals surface area contributed by atoms with Crippen LogP contribution >= 0.6 is 11.3 Å². The summed E-state index contributed by atoms with van der Waals surface area (Å²) in [4.78, 5) is 19.5. The molecule has 1 unspecified atom stereocenters. The van der Waals surface area contributed by atoms with Gasteiger partial charge in [-0.3, -0.25) is 9.89 Å². The minimum atomic E-state index is 0.0533. The van der Waals surface area contributed by atoms with E-state index in [0.29, 0.717) is 16.0 Å². The molecule has 2 aromatic rings. The Kier molecular flexibility index (Phi) is 3.92. The molecule has 1 amide bonds. The number of piperidine rings is 1. The van der Waals surface area contributed by atoms with Gasteiger partial charge >= 0.3 is 0 Å². The summed E-state index contributed by atoms with van der Waals surface area (Å²) in [5.41, 5.74) is 1.84. The predicted octanol–water partition coefficient (Wildman–Crippen LogP) is 2.20. The number of aromatic nitrogens is 3. The first-order chi connectivity index (χ1) is 10.2. The van der Waals surface area contributed by atoms with Crippen LogP contribution in [0.2, 0.25) is 0 Å². The maximum atomic E-state index is 12.7. The Balaban J connectivity index is 1.76. The van der Waals surface area contributed by atoms with Crippen molar-refractivity contribution in [1.29, 1.82) is 0 Å². The fourth-order valence-corrected chi connectivity index (χ4v) is 3.56. The van der Waals surface area contributed by atoms with Gasteiger partial charge in [0.25, 0.3) is 11.1 Å². The van der Waals surface area contributed by atoms with E-state index in [1.54, 1.807) is 13.3 Å². The number of likely N-dealkylation sites (tertiary alicyclic amines) is 1. The van der Waals surface area contributed by atoms with Crippen LogP contribution in [0.3, 0.4) is 0 Å². The summed E-state index contributed by atoms with van der Waals surface area (Å²) < 4.78 is 5.12. The molecule has 0 aromatic carbocycles. The van der Waals surface area contributed by atoms with E-state index in [-0.39, 0.29) is 5.91 Å². The molecule has 2 aromatic heterocycles. The lowest BCUT2D eigenvalue weighted by Gasteiger charge is -2.32. The molecular formula is C14H18N4O2S. The average molecular weight is 306 g/mol. The van der Waals surface area contributed by atoms with Crippen LogP contribution in [0.5, 0.6) is 5.19 Å². The molecule has 1 aliphatic rings. The lowest BCUT2D eigenvalue weighted by molar-refractivity contribution is 0.0710. The van der Waals surface area contributed by atoms with Gasteiger partial charge in [0.05, 0.1) is 12.8 Å². The number of aromatic amines is 1. The van der Waals surface area contributed by atoms with Crippen molar-refractivity contribution in [2.75, 3.05) is 20.2 Å². The largest absolute Gasteiger partial charge is 0.473 e. The Bertz CT molecular complexity index is 623. The number of carbonyl (C=O) groups excluding carboxylic acids is 1. The Labute approximate surface area is 127 Å². The topological polar surface area (TPSA) is 71.1 Å². The smallest absolute Gasteiger partial charge is 0.273 e. The van der Waals surface area contributed by atoms with Gasteiger partial charge in [-0.15, -0.1) is 0 Å². The molecule has 1 aliphatic heterocycles. The van der Waals surface area contributed by atoms with E-state index in [1.165, 1.54) is 11.3 Å². The molecule has 0 spiro atoms. The highest BCUT2D eigenvalue weighted by atomic mass is 32.1. The van der Waals surface area contributed by atoms with E-state index in [4.69, 9.17) is 4.74 Å². The Morgan fingerprint density at radius 1 is 1.57 bits per heavy atom. The van der Waals surface area contributed by atoms with Crippen molar-refractivity contribution in [2.24, 2.45) is 0 Å². The lowest BCUT2D eigenvalue weighted by Crippen LogP contribution is -2.39. The second-order valence-corrected chi connectivity index (χ2v) is 6.16. The Hall–Kier alpha value is -1.89. The molecule has 7 heteroatoms. The minimum absolute atomic E-state index is 0.0533. The van der Waals surface area contributed by atoms with Gasteiger partial charge in [-0.05, 0) is 25.8 Å². The summed E-state index contributed by atoms with van der Waals surface area (Å²) in [5.74, 6) is 0.387. The van der Waals surface area contributed by atoms with Crippen LogP contribution in [0.25, 0.3) is 0 Å². The second kappa shape index (κ2) is 5.85.